The highest BCUT2D eigenvalue weighted by Crippen LogP contribution is 2.17. The number of carbonyl (C=O) groups is 2. The smallest absolute Gasteiger partial charge is 0.270 e. The van der Waals surface area contributed by atoms with Gasteiger partial charge in [0.05, 0.1) is 6.54 Å². The number of likely N-dealkylation sites (tertiary alicyclic amines) is 1. The van der Waals surface area contributed by atoms with Crippen molar-refractivity contribution in [2.24, 2.45) is 0 Å². The Morgan fingerprint density at radius 3 is 2.61 bits per heavy atom. The molecule has 1 unspecified atom stereocenters. The van der Waals surface area contributed by atoms with E-state index in [-0.39, 0.29) is 11.8 Å². The Hall–Kier alpha value is -1.82. The lowest BCUT2D eigenvalue weighted by molar-refractivity contribution is -0.136. The van der Waals surface area contributed by atoms with Crippen LogP contribution in [0.25, 0.3) is 0 Å². The van der Waals surface area contributed by atoms with Gasteiger partial charge < -0.3 is 14.8 Å². The molecule has 23 heavy (non-hydrogen) atoms. The Bertz CT molecular complexity index is 535. The van der Waals surface area contributed by atoms with Crippen LogP contribution in [0.2, 0.25) is 0 Å². The second-order valence-electron chi connectivity index (χ2n) is 6.58. The number of nitrogens with zero attached hydrogens (tertiary/aromatic N) is 3. The highest BCUT2D eigenvalue weighted by Gasteiger charge is 2.27. The molecule has 1 atom stereocenters. The maximum atomic E-state index is 12.5. The minimum absolute atomic E-state index is 0.0469. The Kier molecular flexibility index (Phi) is 5.00. The van der Waals surface area contributed by atoms with E-state index in [0.29, 0.717) is 31.4 Å². The predicted octanol–water partition coefficient (Wildman–Crippen LogP) is 1.17. The fraction of sp³-hybridized carbons (Fsp3) is 0.647. The van der Waals surface area contributed by atoms with Crippen molar-refractivity contribution in [2.75, 3.05) is 39.3 Å². The van der Waals surface area contributed by atoms with E-state index in [2.05, 4.69) is 16.8 Å². The van der Waals surface area contributed by atoms with Crippen LogP contribution in [0.4, 0.5) is 0 Å². The lowest BCUT2D eigenvalue weighted by Crippen LogP contribution is -2.53. The van der Waals surface area contributed by atoms with Crippen LogP contribution in [0, 0.1) is 0 Å². The van der Waals surface area contributed by atoms with E-state index in [9.17, 15) is 9.59 Å². The highest BCUT2D eigenvalue weighted by atomic mass is 16.2. The maximum absolute atomic E-state index is 12.5. The minimum Gasteiger partial charge on any atom is -0.357 e. The first-order chi connectivity index (χ1) is 11.1. The van der Waals surface area contributed by atoms with Crippen molar-refractivity contribution in [3.8, 4) is 0 Å². The Morgan fingerprint density at radius 1 is 1.17 bits per heavy atom. The van der Waals surface area contributed by atoms with Gasteiger partial charge in [0.15, 0.2) is 0 Å². The van der Waals surface area contributed by atoms with E-state index in [0.717, 1.165) is 32.5 Å². The molecule has 2 saturated heterocycles. The lowest BCUT2D eigenvalue weighted by Gasteiger charge is -2.38. The summed E-state index contributed by atoms with van der Waals surface area (Å²) in [7, 11) is 0. The Morgan fingerprint density at radius 2 is 1.96 bits per heavy atom. The van der Waals surface area contributed by atoms with Gasteiger partial charge in [-0.2, -0.15) is 0 Å². The monoisotopic (exact) mass is 318 g/mol. The molecule has 3 heterocycles. The summed E-state index contributed by atoms with van der Waals surface area (Å²) in [5.41, 5.74) is 0.636. The molecule has 1 aromatic heterocycles. The molecule has 2 fully saturated rings. The van der Waals surface area contributed by atoms with Crippen molar-refractivity contribution in [3.05, 3.63) is 24.0 Å². The van der Waals surface area contributed by atoms with Crippen molar-refractivity contribution in [2.45, 2.75) is 32.2 Å². The number of aromatic nitrogens is 1. The molecule has 0 spiro atoms. The number of H-pyrrole nitrogens is 1. The molecular weight excluding hydrogens is 292 g/mol. The van der Waals surface area contributed by atoms with Gasteiger partial charge in [0.2, 0.25) is 5.91 Å². The Balaban J connectivity index is 1.47. The first kappa shape index (κ1) is 16.1. The first-order valence-electron chi connectivity index (χ1n) is 8.59. The molecule has 0 bridgehead atoms. The SMILES string of the molecule is CC1CCCCN1C(=O)CN1CCN(C(=O)c2ccc[nH]2)CC1. The molecule has 2 aliphatic heterocycles. The van der Waals surface area contributed by atoms with Crippen LogP contribution < -0.4 is 0 Å². The summed E-state index contributed by atoms with van der Waals surface area (Å²) in [5, 5.41) is 0. The number of aromatic amines is 1. The number of hydrogen-bond acceptors (Lipinski definition) is 3. The van der Waals surface area contributed by atoms with Crippen molar-refractivity contribution in [1.29, 1.82) is 0 Å². The highest BCUT2D eigenvalue weighted by molar-refractivity contribution is 5.92. The third-order valence-electron chi connectivity index (χ3n) is 4.97. The van der Waals surface area contributed by atoms with Gasteiger partial charge in [0.1, 0.15) is 5.69 Å². The van der Waals surface area contributed by atoms with Gasteiger partial charge in [-0.1, -0.05) is 0 Å². The molecule has 1 aromatic rings. The van der Waals surface area contributed by atoms with Gasteiger partial charge in [-0.25, -0.2) is 0 Å². The second kappa shape index (κ2) is 7.17. The summed E-state index contributed by atoms with van der Waals surface area (Å²) in [6.45, 7) is 6.41. The molecule has 2 aliphatic rings. The number of carbonyl (C=O) groups excluding carboxylic acids is 2. The zero-order chi connectivity index (χ0) is 16.2. The van der Waals surface area contributed by atoms with Crippen molar-refractivity contribution in [1.82, 2.24) is 19.7 Å². The topological polar surface area (TPSA) is 59.7 Å². The summed E-state index contributed by atoms with van der Waals surface area (Å²) >= 11 is 0. The standard InChI is InChI=1S/C17H26N4O2/c1-14-5-2-3-8-21(14)16(22)13-19-9-11-20(12-10-19)17(23)15-6-4-7-18-15/h4,6-7,14,18H,2-3,5,8-13H2,1H3. The maximum Gasteiger partial charge on any atom is 0.270 e. The van der Waals surface area contributed by atoms with E-state index in [4.69, 9.17) is 0 Å². The molecule has 126 valence electrons. The van der Waals surface area contributed by atoms with Crippen LogP contribution in [0.3, 0.4) is 0 Å². The number of hydrogen-bond donors (Lipinski definition) is 1. The number of piperidine rings is 1. The fourth-order valence-corrected chi connectivity index (χ4v) is 3.49. The van der Waals surface area contributed by atoms with Crippen LogP contribution in [0.5, 0.6) is 0 Å². The predicted molar refractivity (Wildman–Crippen MR) is 88.2 cm³/mol. The fourth-order valence-electron chi connectivity index (χ4n) is 3.49. The zero-order valence-corrected chi connectivity index (χ0v) is 13.8. The average molecular weight is 318 g/mol. The number of piperazine rings is 1. The summed E-state index contributed by atoms with van der Waals surface area (Å²) in [6, 6.07) is 4.00. The van der Waals surface area contributed by atoms with Gasteiger partial charge in [-0.15, -0.1) is 0 Å². The van der Waals surface area contributed by atoms with Crippen LogP contribution in [-0.2, 0) is 4.79 Å². The molecular formula is C17H26N4O2. The third kappa shape index (κ3) is 3.75. The number of rotatable bonds is 3. The average Bonchev–Trinajstić information content (AvgIpc) is 3.09. The van der Waals surface area contributed by atoms with Gasteiger partial charge in [-0.3, -0.25) is 14.5 Å². The molecule has 1 N–H and O–H groups in total. The van der Waals surface area contributed by atoms with Gasteiger partial charge in [0.25, 0.3) is 5.91 Å². The van der Waals surface area contributed by atoms with Crippen LogP contribution in [0.1, 0.15) is 36.7 Å². The molecule has 0 radical (unpaired) electrons. The molecule has 2 amide bonds. The summed E-state index contributed by atoms with van der Waals surface area (Å²) < 4.78 is 0. The molecule has 0 aromatic carbocycles. The molecule has 6 nitrogen and oxygen atoms in total. The van der Waals surface area contributed by atoms with Gasteiger partial charge >= 0.3 is 0 Å². The second-order valence-corrected chi connectivity index (χ2v) is 6.58. The largest absolute Gasteiger partial charge is 0.357 e. The van der Waals surface area contributed by atoms with Crippen LogP contribution >= 0.6 is 0 Å². The van der Waals surface area contributed by atoms with Gasteiger partial charge in [0, 0.05) is 45.0 Å². The van der Waals surface area contributed by atoms with E-state index >= 15 is 0 Å². The van der Waals surface area contributed by atoms with E-state index < -0.39 is 0 Å². The van der Waals surface area contributed by atoms with Crippen LogP contribution in [-0.4, -0.2) is 76.8 Å². The normalized spacial score (nSPS) is 23.1. The van der Waals surface area contributed by atoms with E-state index in [1.54, 1.807) is 12.3 Å². The van der Waals surface area contributed by atoms with Crippen LogP contribution in [0.15, 0.2) is 18.3 Å². The van der Waals surface area contributed by atoms with E-state index in [1.165, 1.54) is 6.42 Å². The quantitative estimate of drug-likeness (QED) is 0.910. The molecule has 6 heteroatoms. The third-order valence-corrected chi connectivity index (χ3v) is 4.97. The summed E-state index contributed by atoms with van der Waals surface area (Å²) in [6.07, 6.45) is 5.23. The van der Waals surface area contributed by atoms with E-state index in [1.807, 2.05) is 15.9 Å². The zero-order valence-electron chi connectivity index (χ0n) is 13.8. The molecule has 3 rings (SSSR count). The summed E-state index contributed by atoms with van der Waals surface area (Å²) in [4.78, 5) is 33.8. The molecule has 0 saturated carbocycles. The van der Waals surface area contributed by atoms with Crippen molar-refractivity contribution in [3.63, 3.8) is 0 Å². The Labute approximate surface area is 137 Å². The summed E-state index contributed by atoms with van der Waals surface area (Å²) in [5.74, 6) is 0.284. The molecule has 0 aliphatic carbocycles. The lowest BCUT2D eigenvalue weighted by atomic mass is 10.0. The minimum atomic E-state index is 0.0469. The van der Waals surface area contributed by atoms with Crippen molar-refractivity contribution >= 4 is 11.8 Å². The number of nitrogens with one attached hydrogen (secondary N) is 1. The van der Waals surface area contributed by atoms with Crippen molar-refractivity contribution < 1.29 is 9.59 Å². The first-order valence-corrected chi connectivity index (χ1v) is 8.59. The number of amides is 2. The van der Waals surface area contributed by atoms with Gasteiger partial charge in [-0.05, 0) is 38.3 Å².